The lowest BCUT2D eigenvalue weighted by Crippen LogP contribution is -2.46. The maximum atomic E-state index is 13.4. The third kappa shape index (κ3) is 9.70. The van der Waals surface area contributed by atoms with Crippen LogP contribution in [-0.4, -0.2) is 40.7 Å². The summed E-state index contributed by atoms with van der Waals surface area (Å²) in [6, 6.07) is 24.4. The number of nitrogens with one attached hydrogen (secondary N) is 4. The van der Waals surface area contributed by atoms with E-state index in [2.05, 4.69) is 31.9 Å². The fourth-order valence-electron chi connectivity index (χ4n) is 4.85. The predicted molar refractivity (Wildman–Crippen MR) is 173 cm³/mol. The molecule has 0 saturated heterocycles. The zero-order valence-corrected chi connectivity index (χ0v) is 26.0. The van der Waals surface area contributed by atoms with Crippen molar-refractivity contribution in [2.75, 3.05) is 6.54 Å². The monoisotopic (exact) mass is 597 g/mol. The van der Waals surface area contributed by atoms with E-state index in [-0.39, 0.29) is 18.4 Å². The van der Waals surface area contributed by atoms with Crippen LogP contribution in [0.1, 0.15) is 60.8 Å². The van der Waals surface area contributed by atoms with Crippen molar-refractivity contribution in [2.45, 2.75) is 64.9 Å². The van der Waals surface area contributed by atoms with Crippen molar-refractivity contribution in [1.29, 1.82) is 0 Å². The van der Waals surface area contributed by atoms with Crippen LogP contribution in [0.4, 0.5) is 4.79 Å². The molecule has 9 heteroatoms. The number of alkyl carbamates (subject to hydrolysis) is 1. The van der Waals surface area contributed by atoms with E-state index in [1.54, 1.807) is 45.0 Å². The standard InChI is InChI=1S/C35H43N5O4/c1-35(2,3)44-34(43)38-22-25-16-18-27(19-17-25)32(41)39-31(15-8-20-36-24-29-13-9-21-40(29)4)33(42)37-23-28-12-7-11-26-10-5-6-14-30(26)28/h5-7,9-14,16-19,21,31,36H,8,15,20,22-24H2,1-4H3,(H,37,42)(H,38,43)(H,39,41)/t31-/m0/s1. The van der Waals surface area contributed by atoms with Crippen molar-refractivity contribution in [3.05, 3.63) is 107 Å². The summed E-state index contributed by atoms with van der Waals surface area (Å²) in [7, 11) is 2.01. The molecule has 0 bridgehead atoms. The number of fused-ring (bicyclic) bond motifs is 1. The van der Waals surface area contributed by atoms with Gasteiger partial charge in [-0.3, -0.25) is 9.59 Å². The molecule has 0 saturated carbocycles. The van der Waals surface area contributed by atoms with Crippen LogP contribution in [0.25, 0.3) is 10.8 Å². The number of nitrogens with zero attached hydrogens (tertiary/aromatic N) is 1. The van der Waals surface area contributed by atoms with Gasteiger partial charge in [0.25, 0.3) is 5.91 Å². The van der Waals surface area contributed by atoms with Crippen LogP contribution in [0.2, 0.25) is 0 Å². The van der Waals surface area contributed by atoms with Crippen molar-refractivity contribution in [2.24, 2.45) is 7.05 Å². The van der Waals surface area contributed by atoms with Gasteiger partial charge in [0.1, 0.15) is 11.6 Å². The van der Waals surface area contributed by atoms with Crippen molar-refractivity contribution >= 4 is 28.7 Å². The lowest BCUT2D eigenvalue weighted by molar-refractivity contribution is -0.123. The molecule has 4 aromatic rings. The van der Waals surface area contributed by atoms with E-state index >= 15 is 0 Å². The zero-order valence-electron chi connectivity index (χ0n) is 26.0. The first-order valence-electron chi connectivity index (χ1n) is 15.0. The zero-order chi connectivity index (χ0) is 31.5. The molecule has 4 N–H and O–H groups in total. The Morgan fingerprint density at radius 1 is 0.841 bits per heavy atom. The highest BCUT2D eigenvalue weighted by atomic mass is 16.6. The molecular formula is C35H43N5O4. The van der Waals surface area contributed by atoms with E-state index in [4.69, 9.17) is 4.74 Å². The van der Waals surface area contributed by atoms with Gasteiger partial charge >= 0.3 is 6.09 Å². The summed E-state index contributed by atoms with van der Waals surface area (Å²) in [5, 5.41) is 14.3. The number of aryl methyl sites for hydroxylation is 1. The van der Waals surface area contributed by atoms with E-state index in [1.807, 2.05) is 61.8 Å². The lowest BCUT2D eigenvalue weighted by atomic mass is 10.0. The van der Waals surface area contributed by atoms with E-state index in [1.165, 1.54) is 5.69 Å². The number of benzene rings is 3. The Hall–Kier alpha value is -4.63. The van der Waals surface area contributed by atoms with Crippen LogP contribution in [0.5, 0.6) is 0 Å². The second-order valence-corrected chi connectivity index (χ2v) is 11.9. The molecule has 232 valence electrons. The van der Waals surface area contributed by atoms with Crippen LogP contribution in [0.15, 0.2) is 85.1 Å². The van der Waals surface area contributed by atoms with Gasteiger partial charge in [0, 0.05) is 44.1 Å². The predicted octanol–water partition coefficient (Wildman–Crippen LogP) is 5.19. The number of carbonyl (C=O) groups excluding carboxylic acids is 3. The molecule has 1 aromatic heterocycles. The number of hydrogen-bond acceptors (Lipinski definition) is 5. The molecule has 0 radical (unpaired) electrons. The fraction of sp³-hybridized carbons (Fsp3) is 0.343. The molecule has 0 aliphatic carbocycles. The van der Waals surface area contributed by atoms with Gasteiger partial charge in [-0.25, -0.2) is 4.79 Å². The number of carbonyl (C=O) groups is 3. The SMILES string of the molecule is Cn1cccc1CNCCC[C@H](NC(=O)c1ccc(CNC(=O)OC(C)(C)C)cc1)C(=O)NCc1cccc2ccccc12. The summed E-state index contributed by atoms with van der Waals surface area (Å²) in [5.74, 6) is -0.564. The quantitative estimate of drug-likeness (QED) is 0.159. The summed E-state index contributed by atoms with van der Waals surface area (Å²) in [6.45, 7) is 7.47. The highest BCUT2D eigenvalue weighted by molar-refractivity contribution is 5.97. The van der Waals surface area contributed by atoms with E-state index < -0.39 is 17.7 Å². The minimum Gasteiger partial charge on any atom is -0.444 e. The number of rotatable bonds is 13. The smallest absolute Gasteiger partial charge is 0.407 e. The normalized spacial score (nSPS) is 12.0. The Balaban J connectivity index is 1.36. The first-order chi connectivity index (χ1) is 21.1. The minimum atomic E-state index is -0.706. The fourth-order valence-corrected chi connectivity index (χ4v) is 4.85. The molecule has 0 fully saturated rings. The van der Waals surface area contributed by atoms with Gasteiger partial charge in [-0.05, 0) is 86.3 Å². The third-order valence-electron chi connectivity index (χ3n) is 7.21. The molecule has 3 aromatic carbocycles. The molecule has 1 heterocycles. The van der Waals surface area contributed by atoms with Gasteiger partial charge in [-0.15, -0.1) is 0 Å². The first-order valence-corrected chi connectivity index (χ1v) is 15.0. The Kier molecular flexibility index (Phi) is 11.2. The van der Waals surface area contributed by atoms with E-state index in [9.17, 15) is 14.4 Å². The molecule has 4 rings (SSSR count). The molecule has 9 nitrogen and oxygen atoms in total. The average Bonchev–Trinajstić information content (AvgIpc) is 3.41. The molecule has 3 amide bonds. The molecule has 0 spiro atoms. The maximum absolute atomic E-state index is 13.4. The molecule has 0 aliphatic heterocycles. The molecule has 44 heavy (non-hydrogen) atoms. The molecule has 0 unspecified atom stereocenters. The summed E-state index contributed by atoms with van der Waals surface area (Å²) in [6.07, 6.45) is 2.68. The highest BCUT2D eigenvalue weighted by Crippen LogP contribution is 2.18. The van der Waals surface area contributed by atoms with Crippen molar-refractivity contribution in [3.63, 3.8) is 0 Å². The van der Waals surface area contributed by atoms with Gasteiger partial charge in [0.05, 0.1) is 0 Å². The summed E-state index contributed by atoms with van der Waals surface area (Å²) >= 11 is 0. The summed E-state index contributed by atoms with van der Waals surface area (Å²) < 4.78 is 7.34. The molecule has 1 atom stereocenters. The molecular weight excluding hydrogens is 554 g/mol. The van der Waals surface area contributed by atoms with Crippen LogP contribution in [0.3, 0.4) is 0 Å². The Bertz CT molecular complexity index is 1550. The van der Waals surface area contributed by atoms with Crippen LogP contribution in [-0.2, 0) is 36.2 Å². The average molecular weight is 598 g/mol. The van der Waals surface area contributed by atoms with Gasteiger partial charge in [0.2, 0.25) is 5.91 Å². The van der Waals surface area contributed by atoms with Crippen LogP contribution in [0, 0.1) is 0 Å². The second kappa shape index (κ2) is 15.2. The Morgan fingerprint density at radius 3 is 2.32 bits per heavy atom. The van der Waals surface area contributed by atoms with Gasteiger partial charge in [-0.1, -0.05) is 54.6 Å². The summed E-state index contributed by atoms with van der Waals surface area (Å²) in [5.41, 5.74) is 2.86. The Morgan fingerprint density at radius 2 is 1.59 bits per heavy atom. The summed E-state index contributed by atoms with van der Waals surface area (Å²) in [4.78, 5) is 38.6. The number of aromatic nitrogens is 1. The van der Waals surface area contributed by atoms with Crippen molar-refractivity contribution in [3.8, 4) is 0 Å². The first kappa shape index (κ1) is 32.3. The van der Waals surface area contributed by atoms with E-state index in [0.29, 0.717) is 31.5 Å². The molecule has 0 aliphatic rings. The van der Waals surface area contributed by atoms with Crippen LogP contribution < -0.4 is 21.3 Å². The van der Waals surface area contributed by atoms with Gasteiger partial charge < -0.3 is 30.6 Å². The van der Waals surface area contributed by atoms with Gasteiger partial charge in [-0.2, -0.15) is 0 Å². The van der Waals surface area contributed by atoms with Crippen molar-refractivity contribution < 1.29 is 19.1 Å². The number of amides is 3. The van der Waals surface area contributed by atoms with Gasteiger partial charge in [0.15, 0.2) is 0 Å². The number of hydrogen-bond donors (Lipinski definition) is 4. The lowest BCUT2D eigenvalue weighted by Gasteiger charge is -2.20. The highest BCUT2D eigenvalue weighted by Gasteiger charge is 2.22. The third-order valence-corrected chi connectivity index (χ3v) is 7.21. The van der Waals surface area contributed by atoms with E-state index in [0.717, 1.165) is 28.4 Å². The largest absolute Gasteiger partial charge is 0.444 e. The minimum absolute atomic E-state index is 0.230. The topological polar surface area (TPSA) is 113 Å². The number of ether oxygens (including phenoxy) is 1. The maximum Gasteiger partial charge on any atom is 0.407 e. The Labute approximate surface area is 259 Å². The second-order valence-electron chi connectivity index (χ2n) is 11.9. The van der Waals surface area contributed by atoms with Crippen LogP contribution >= 0.6 is 0 Å². The van der Waals surface area contributed by atoms with Crippen molar-refractivity contribution in [1.82, 2.24) is 25.8 Å².